The van der Waals surface area contributed by atoms with Crippen LogP contribution in [0.4, 0.5) is 0 Å². The van der Waals surface area contributed by atoms with Crippen LogP contribution in [0.2, 0.25) is 0 Å². The highest BCUT2D eigenvalue weighted by Crippen LogP contribution is 2.43. The minimum Gasteiger partial charge on any atom is -0.468 e. The quantitative estimate of drug-likeness (QED) is 0.766. The van der Waals surface area contributed by atoms with Crippen molar-refractivity contribution >= 4 is 0 Å². The molecule has 1 aromatic rings. The number of aliphatic hydroxyl groups is 1. The summed E-state index contributed by atoms with van der Waals surface area (Å²) in [7, 11) is 0. The Labute approximate surface area is 102 Å². The molecule has 0 saturated heterocycles. The molecule has 0 aliphatic heterocycles. The van der Waals surface area contributed by atoms with E-state index in [1.165, 1.54) is 12.8 Å². The Morgan fingerprint density at radius 3 is 2.94 bits per heavy atom. The number of nitrogens with one attached hydrogen (secondary N) is 1. The molecule has 92 valence electrons. The van der Waals surface area contributed by atoms with E-state index in [0.717, 1.165) is 30.1 Å². The van der Waals surface area contributed by atoms with Gasteiger partial charge in [0.1, 0.15) is 5.76 Å². The van der Waals surface area contributed by atoms with Crippen LogP contribution in [-0.2, 0) is 0 Å². The van der Waals surface area contributed by atoms with Crippen LogP contribution in [-0.4, -0.2) is 18.3 Å². The summed E-state index contributed by atoms with van der Waals surface area (Å²) in [5.74, 6) is 3.12. The molecule has 1 fully saturated rings. The van der Waals surface area contributed by atoms with Crippen molar-refractivity contribution in [3.05, 3.63) is 36.3 Å². The molecular weight excluding hydrogens is 214 g/mol. The predicted octanol–water partition coefficient (Wildman–Crippen LogP) is 2.11. The summed E-state index contributed by atoms with van der Waals surface area (Å²) in [6.45, 7) is 1.06. The van der Waals surface area contributed by atoms with Crippen molar-refractivity contribution in [2.75, 3.05) is 13.2 Å². The normalized spacial score (nSPS) is 32.2. The number of hydrogen-bond donors (Lipinski definition) is 2. The summed E-state index contributed by atoms with van der Waals surface area (Å²) >= 11 is 0. The number of hydrogen-bond acceptors (Lipinski definition) is 3. The molecule has 3 heteroatoms. The Morgan fingerprint density at radius 1 is 1.41 bits per heavy atom. The Kier molecular flexibility index (Phi) is 3.04. The van der Waals surface area contributed by atoms with E-state index in [0.29, 0.717) is 0 Å². The van der Waals surface area contributed by atoms with Crippen molar-refractivity contribution in [2.24, 2.45) is 17.8 Å². The minimum atomic E-state index is -0.0619. The van der Waals surface area contributed by atoms with E-state index < -0.39 is 0 Å². The van der Waals surface area contributed by atoms with Gasteiger partial charge in [-0.05, 0) is 49.3 Å². The van der Waals surface area contributed by atoms with Gasteiger partial charge in [0.2, 0.25) is 0 Å². The number of fused-ring (bicyclic) bond motifs is 2. The van der Waals surface area contributed by atoms with Gasteiger partial charge in [-0.25, -0.2) is 0 Å². The monoisotopic (exact) mass is 233 g/mol. The molecule has 0 radical (unpaired) electrons. The van der Waals surface area contributed by atoms with Crippen molar-refractivity contribution in [1.82, 2.24) is 5.32 Å². The van der Waals surface area contributed by atoms with Crippen molar-refractivity contribution in [1.29, 1.82) is 0 Å². The maximum absolute atomic E-state index is 9.37. The highest BCUT2D eigenvalue weighted by molar-refractivity contribution is 5.11. The van der Waals surface area contributed by atoms with E-state index >= 15 is 0 Å². The van der Waals surface area contributed by atoms with E-state index in [2.05, 4.69) is 17.5 Å². The molecule has 17 heavy (non-hydrogen) atoms. The molecular formula is C14H19NO2. The third-order valence-electron chi connectivity index (χ3n) is 4.11. The summed E-state index contributed by atoms with van der Waals surface area (Å²) < 4.78 is 5.33. The van der Waals surface area contributed by atoms with E-state index in [4.69, 9.17) is 4.42 Å². The van der Waals surface area contributed by atoms with Crippen LogP contribution in [0.3, 0.4) is 0 Å². The molecule has 2 aliphatic carbocycles. The highest BCUT2D eigenvalue weighted by atomic mass is 16.3. The van der Waals surface area contributed by atoms with Gasteiger partial charge in [0.25, 0.3) is 0 Å². The molecule has 1 heterocycles. The molecule has 0 spiro atoms. The molecule has 3 rings (SSSR count). The molecule has 3 nitrogen and oxygen atoms in total. The second-order valence-electron chi connectivity index (χ2n) is 5.20. The van der Waals surface area contributed by atoms with Crippen molar-refractivity contribution in [3.63, 3.8) is 0 Å². The predicted molar refractivity (Wildman–Crippen MR) is 65.4 cm³/mol. The lowest BCUT2D eigenvalue weighted by molar-refractivity contribution is 0.218. The Bertz CT molecular complexity index is 385. The molecule has 2 aliphatic rings. The van der Waals surface area contributed by atoms with Gasteiger partial charge in [-0.3, -0.25) is 0 Å². The van der Waals surface area contributed by atoms with Crippen LogP contribution in [0.25, 0.3) is 0 Å². The molecule has 0 aromatic carbocycles. The average molecular weight is 233 g/mol. The first-order valence-corrected chi connectivity index (χ1v) is 6.43. The number of aliphatic hydroxyl groups excluding tert-OH is 1. The van der Waals surface area contributed by atoms with E-state index in [9.17, 15) is 5.11 Å². The molecule has 4 atom stereocenters. The number of allylic oxidation sites excluding steroid dienone is 2. The maximum atomic E-state index is 9.37. The van der Waals surface area contributed by atoms with Crippen LogP contribution in [0, 0.1) is 17.8 Å². The second kappa shape index (κ2) is 4.67. The fraction of sp³-hybridized carbons (Fsp3) is 0.571. The summed E-state index contributed by atoms with van der Waals surface area (Å²) in [6, 6.07) is 3.71. The zero-order chi connectivity index (χ0) is 11.7. The zero-order valence-corrected chi connectivity index (χ0v) is 9.88. The third kappa shape index (κ3) is 2.17. The first-order valence-electron chi connectivity index (χ1n) is 6.43. The first kappa shape index (κ1) is 11.1. The highest BCUT2D eigenvalue weighted by Gasteiger charge is 2.35. The SMILES string of the molecule is OCC(NCC1CC2C=CC1C2)c1ccco1. The van der Waals surface area contributed by atoms with E-state index in [-0.39, 0.29) is 12.6 Å². The van der Waals surface area contributed by atoms with Crippen LogP contribution in [0.15, 0.2) is 35.0 Å². The van der Waals surface area contributed by atoms with Gasteiger partial charge < -0.3 is 14.8 Å². The summed E-state index contributed by atoms with van der Waals surface area (Å²) in [6.07, 6.45) is 9.00. The van der Waals surface area contributed by atoms with Gasteiger partial charge in [-0.1, -0.05) is 12.2 Å². The van der Waals surface area contributed by atoms with Crippen molar-refractivity contribution in [2.45, 2.75) is 18.9 Å². The summed E-state index contributed by atoms with van der Waals surface area (Å²) in [5, 5.41) is 12.8. The topological polar surface area (TPSA) is 45.4 Å². The van der Waals surface area contributed by atoms with E-state index in [1.54, 1.807) is 6.26 Å². The van der Waals surface area contributed by atoms with Crippen LogP contribution < -0.4 is 5.32 Å². The molecule has 0 amide bonds. The fourth-order valence-corrected chi connectivity index (χ4v) is 3.17. The van der Waals surface area contributed by atoms with Gasteiger partial charge in [0.05, 0.1) is 18.9 Å². The Hall–Kier alpha value is -1.06. The zero-order valence-electron chi connectivity index (χ0n) is 9.88. The first-order chi connectivity index (χ1) is 8.36. The summed E-state index contributed by atoms with van der Waals surface area (Å²) in [4.78, 5) is 0. The van der Waals surface area contributed by atoms with Crippen LogP contribution in [0.1, 0.15) is 24.6 Å². The largest absolute Gasteiger partial charge is 0.468 e. The lowest BCUT2D eigenvalue weighted by atomic mass is 9.93. The summed E-state index contributed by atoms with van der Waals surface area (Å²) in [5.41, 5.74) is 0. The third-order valence-corrected chi connectivity index (χ3v) is 4.11. The number of furan rings is 1. The fourth-order valence-electron chi connectivity index (χ4n) is 3.17. The standard InChI is InChI=1S/C14H19NO2/c16-9-13(14-2-1-5-17-14)15-8-12-7-10-3-4-11(12)6-10/h1-5,10-13,15-16H,6-9H2. The van der Waals surface area contributed by atoms with Crippen LogP contribution >= 0.6 is 0 Å². The Balaban J connectivity index is 1.55. The average Bonchev–Trinajstić information content (AvgIpc) is 3.06. The lowest BCUT2D eigenvalue weighted by Crippen LogP contribution is -2.30. The van der Waals surface area contributed by atoms with Gasteiger partial charge in [0.15, 0.2) is 0 Å². The Morgan fingerprint density at radius 2 is 2.35 bits per heavy atom. The molecule has 1 saturated carbocycles. The number of rotatable bonds is 5. The molecule has 2 N–H and O–H groups in total. The van der Waals surface area contributed by atoms with E-state index in [1.807, 2.05) is 12.1 Å². The second-order valence-corrected chi connectivity index (χ2v) is 5.20. The molecule has 4 unspecified atom stereocenters. The van der Waals surface area contributed by atoms with Crippen molar-refractivity contribution in [3.8, 4) is 0 Å². The van der Waals surface area contributed by atoms with Gasteiger partial charge in [-0.15, -0.1) is 0 Å². The van der Waals surface area contributed by atoms with Crippen LogP contribution in [0.5, 0.6) is 0 Å². The molecule has 1 aromatic heterocycles. The maximum Gasteiger partial charge on any atom is 0.123 e. The lowest BCUT2D eigenvalue weighted by Gasteiger charge is -2.21. The van der Waals surface area contributed by atoms with Crippen molar-refractivity contribution < 1.29 is 9.52 Å². The van der Waals surface area contributed by atoms with Gasteiger partial charge in [0, 0.05) is 0 Å². The van der Waals surface area contributed by atoms with Gasteiger partial charge in [-0.2, -0.15) is 0 Å². The minimum absolute atomic E-state index is 0.0619. The van der Waals surface area contributed by atoms with Gasteiger partial charge >= 0.3 is 0 Å². The smallest absolute Gasteiger partial charge is 0.123 e. The molecule has 2 bridgehead atoms.